The smallest absolute Gasteiger partial charge is 0.122 e. The average Bonchev–Trinajstić information content (AvgIpc) is 3.58. The first-order valence-corrected chi connectivity index (χ1v) is 25.2. The van der Waals surface area contributed by atoms with Crippen LogP contribution < -0.4 is 16.4 Å². The van der Waals surface area contributed by atoms with E-state index in [1.807, 2.05) is 49.4 Å². The average molecular weight is 945 g/mol. The molecule has 0 saturated carbocycles. The summed E-state index contributed by atoms with van der Waals surface area (Å²) in [6, 6.07) is 58.6. The first-order chi connectivity index (χ1) is 35.1. The summed E-state index contributed by atoms with van der Waals surface area (Å²) in [6.07, 6.45) is 28.8. The third kappa shape index (κ3) is 15.5. The van der Waals surface area contributed by atoms with E-state index in [0.717, 1.165) is 24.9 Å². The summed E-state index contributed by atoms with van der Waals surface area (Å²) in [5.41, 5.74) is 31.3. The summed E-state index contributed by atoms with van der Waals surface area (Å²) in [5.74, 6) is 0.0492. The lowest BCUT2D eigenvalue weighted by molar-refractivity contribution is 0.794. The van der Waals surface area contributed by atoms with Crippen LogP contribution in [0.4, 0.5) is 17.1 Å². The highest BCUT2D eigenvalue weighted by Gasteiger charge is 2.21. The van der Waals surface area contributed by atoms with Gasteiger partial charge in [0.1, 0.15) is 5.84 Å². The van der Waals surface area contributed by atoms with Crippen molar-refractivity contribution in [2.45, 2.75) is 73.3 Å². The Hall–Kier alpha value is -8.05. The number of aryl methyl sites for hydroxylation is 4. The molecule has 0 saturated heterocycles. The molecule has 364 valence electrons. The predicted molar refractivity (Wildman–Crippen MR) is 316 cm³/mol. The van der Waals surface area contributed by atoms with Gasteiger partial charge in [0.25, 0.3) is 0 Å². The highest BCUT2D eigenvalue weighted by atomic mass is 15.1. The fraction of sp³-hybridized carbons (Fsp3) is 0.162. The summed E-state index contributed by atoms with van der Waals surface area (Å²) < 4.78 is 0. The molecule has 0 spiro atoms. The highest BCUT2D eigenvalue weighted by molar-refractivity contribution is 5.97. The molecule has 72 heavy (non-hydrogen) atoms. The number of fused-ring (bicyclic) bond motifs is 2. The number of hydrogen-bond acceptors (Lipinski definition) is 3. The van der Waals surface area contributed by atoms with E-state index in [4.69, 9.17) is 16.9 Å². The summed E-state index contributed by atoms with van der Waals surface area (Å²) >= 11 is 0. The maximum atomic E-state index is 7.03. The minimum Gasteiger partial charge on any atom is -0.384 e. The molecule has 0 radical (unpaired) electrons. The van der Waals surface area contributed by atoms with Gasteiger partial charge in [0.15, 0.2) is 0 Å². The lowest BCUT2D eigenvalue weighted by Crippen LogP contribution is -2.11. The van der Waals surface area contributed by atoms with Crippen molar-refractivity contribution >= 4 is 52.8 Å². The maximum Gasteiger partial charge on any atom is 0.122 e. The Morgan fingerprint density at radius 1 is 0.653 bits per heavy atom. The molecular formula is C68H72N4. The van der Waals surface area contributed by atoms with Gasteiger partial charge >= 0.3 is 0 Å². The molecule has 9 rings (SSSR count). The predicted octanol–water partition coefficient (Wildman–Crippen LogP) is 17.9. The topological polar surface area (TPSA) is 79.1 Å². The van der Waals surface area contributed by atoms with Gasteiger partial charge in [-0.2, -0.15) is 0 Å². The van der Waals surface area contributed by atoms with E-state index in [1.165, 1.54) is 96.6 Å². The summed E-state index contributed by atoms with van der Waals surface area (Å²) in [7, 11) is 0. The molecule has 0 bridgehead atoms. The number of nitrogens with one attached hydrogen (secondary N) is 1. The Labute approximate surface area is 431 Å². The minimum absolute atomic E-state index is 0.0492. The number of para-hydroxylation sites is 1. The molecular weight excluding hydrogens is 873 g/mol. The van der Waals surface area contributed by atoms with Crippen LogP contribution in [-0.4, -0.2) is 5.84 Å². The molecule has 0 aromatic heterocycles. The third-order valence-corrected chi connectivity index (χ3v) is 12.5. The van der Waals surface area contributed by atoms with Crippen molar-refractivity contribution in [3.63, 3.8) is 0 Å². The monoisotopic (exact) mass is 945 g/mol. The fourth-order valence-corrected chi connectivity index (χ4v) is 8.49. The van der Waals surface area contributed by atoms with E-state index < -0.39 is 0 Å². The van der Waals surface area contributed by atoms with E-state index in [-0.39, 0.29) is 5.84 Å². The van der Waals surface area contributed by atoms with Gasteiger partial charge in [0.05, 0.1) is 11.4 Å². The second-order valence-corrected chi connectivity index (χ2v) is 18.0. The van der Waals surface area contributed by atoms with Gasteiger partial charge in [-0.1, -0.05) is 219 Å². The van der Waals surface area contributed by atoms with Crippen molar-refractivity contribution < 1.29 is 0 Å². The Morgan fingerprint density at radius 3 is 1.85 bits per heavy atom. The molecule has 7 aromatic rings. The Kier molecular flexibility index (Phi) is 20.7. The molecule has 4 nitrogen and oxygen atoms in total. The largest absolute Gasteiger partial charge is 0.384 e. The zero-order valence-corrected chi connectivity index (χ0v) is 43.0. The zero-order valence-electron chi connectivity index (χ0n) is 43.0. The number of allylic oxidation sites excluding steroid dienone is 7. The standard InChI is InChI=1S/C45H41N.C8H12N2.C8H10.C7H9N/c1-3-4-13-34-16-11-12-17-36(34)22-23-37-30-39(21-20-33(37)2)40-27-29-45-42(32-40)25-24-41-31-38(35-14-7-5-8-15-35)26-28-44(41)46(45)43-18-9-6-10-19-43;1-3-5-6-7(4-2)8(9)10;1-7-4-3-5-8(2)6-7;8-6-7-4-2-1-3-5-7/h6-7,9-12,14-32H,3-5,8,13H2,1-2H3;3-6H,2H2,1H3,(H3,9,10);3-6H,1-2H3;1-5H,6,8H2/b23-22-;5-3-,7-6+;;. The minimum atomic E-state index is 0.0492. The lowest BCUT2D eigenvalue weighted by atomic mass is 9.96. The van der Waals surface area contributed by atoms with Gasteiger partial charge in [-0.3, -0.25) is 5.41 Å². The van der Waals surface area contributed by atoms with Gasteiger partial charge in [-0.05, 0) is 157 Å². The first-order valence-electron chi connectivity index (χ1n) is 25.2. The van der Waals surface area contributed by atoms with Gasteiger partial charge < -0.3 is 16.4 Å². The highest BCUT2D eigenvalue weighted by Crippen LogP contribution is 2.44. The lowest BCUT2D eigenvalue weighted by Gasteiger charge is -2.28. The van der Waals surface area contributed by atoms with Crippen LogP contribution in [0.1, 0.15) is 95.2 Å². The second kappa shape index (κ2) is 28.0. The van der Waals surface area contributed by atoms with Crippen LogP contribution in [-0.2, 0) is 13.0 Å². The molecule has 0 amide bonds. The Morgan fingerprint density at radius 2 is 1.26 bits per heavy atom. The molecule has 5 N–H and O–H groups in total. The van der Waals surface area contributed by atoms with Crippen LogP contribution in [0.25, 0.3) is 41.0 Å². The molecule has 0 fully saturated rings. The molecule has 0 unspecified atom stereocenters. The van der Waals surface area contributed by atoms with Crippen LogP contribution >= 0.6 is 0 Å². The van der Waals surface area contributed by atoms with Crippen LogP contribution in [0.2, 0.25) is 0 Å². The molecule has 4 heteroatoms. The number of amidine groups is 1. The van der Waals surface area contributed by atoms with Crippen molar-refractivity contribution in [1.82, 2.24) is 0 Å². The Bertz CT molecular complexity index is 3050. The molecule has 1 aliphatic heterocycles. The third-order valence-electron chi connectivity index (χ3n) is 12.5. The van der Waals surface area contributed by atoms with E-state index in [2.05, 4.69) is 215 Å². The van der Waals surface area contributed by atoms with Gasteiger partial charge in [-0.25, -0.2) is 0 Å². The number of nitrogens with two attached hydrogens (primary N) is 2. The second-order valence-electron chi connectivity index (χ2n) is 18.0. The number of rotatable bonds is 12. The van der Waals surface area contributed by atoms with Crippen LogP contribution in [0, 0.1) is 26.2 Å². The van der Waals surface area contributed by atoms with Crippen molar-refractivity contribution in [3.05, 3.63) is 274 Å². The fourth-order valence-electron chi connectivity index (χ4n) is 8.49. The molecule has 0 atom stereocenters. The van der Waals surface area contributed by atoms with Gasteiger partial charge in [-0.15, -0.1) is 0 Å². The van der Waals surface area contributed by atoms with Crippen molar-refractivity contribution in [3.8, 4) is 11.1 Å². The van der Waals surface area contributed by atoms with E-state index in [0.29, 0.717) is 12.1 Å². The van der Waals surface area contributed by atoms with E-state index in [1.54, 1.807) is 12.2 Å². The van der Waals surface area contributed by atoms with Crippen LogP contribution in [0.5, 0.6) is 0 Å². The molecule has 7 aromatic carbocycles. The molecule has 1 heterocycles. The number of hydrogen-bond donors (Lipinski definition) is 3. The summed E-state index contributed by atoms with van der Waals surface area (Å²) in [6.45, 7) is 14.7. The maximum absolute atomic E-state index is 7.03. The number of nitrogens with zero attached hydrogens (tertiary/aromatic N) is 1. The van der Waals surface area contributed by atoms with Crippen molar-refractivity contribution in [1.29, 1.82) is 5.41 Å². The van der Waals surface area contributed by atoms with Crippen LogP contribution in [0.15, 0.2) is 218 Å². The molecule has 1 aliphatic carbocycles. The van der Waals surface area contributed by atoms with E-state index >= 15 is 0 Å². The van der Waals surface area contributed by atoms with Crippen molar-refractivity contribution in [2.24, 2.45) is 11.5 Å². The normalized spacial score (nSPS) is 12.5. The summed E-state index contributed by atoms with van der Waals surface area (Å²) in [4.78, 5) is 2.41. The first kappa shape index (κ1) is 53.3. The number of anilines is 3. The number of unbranched alkanes of at least 4 members (excludes halogenated alkanes) is 1. The quantitative estimate of drug-likeness (QED) is 0.0494. The van der Waals surface area contributed by atoms with Gasteiger partial charge in [0, 0.05) is 17.8 Å². The molecule has 2 aliphatic rings. The zero-order chi connectivity index (χ0) is 51.1. The van der Waals surface area contributed by atoms with E-state index in [9.17, 15) is 0 Å². The van der Waals surface area contributed by atoms with Crippen molar-refractivity contribution in [2.75, 3.05) is 4.90 Å². The Balaban J connectivity index is 0.000000263. The summed E-state index contributed by atoms with van der Waals surface area (Å²) in [5, 5.41) is 7.03. The number of benzene rings is 7. The van der Waals surface area contributed by atoms with Gasteiger partial charge in [0.2, 0.25) is 0 Å². The SMILES string of the molecule is C=C/C(=C\C=C/C)C(=N)N.CCCCc1ccccc1/C=C\c1cc(-c2ccc3c(c2)C=Cc2cc(C4=CCCC=C4)ccc2N3c2ccccc2)ccc1C.Cc1cccc(C)c1.NCc1ccccc1. The van der Waals surface area contributed by atoms with Crippen LogP contribution in [0.3, 0.4) is 0 Å².